The Bertz CT molecular complexity index is 745. The fourth-order valence-electron chi connectivity index (χ4n) is 2.72. The SMILES string of the molecule is CC(CNC(=O)Nc1ccc2c(c1)CCC(=O)N2C)c1nccs1. The van der Waals surface area contributed by atoms with Gasteiger partial charge in [0, 0.05) is 48.9 Å². The summed E-state index contributed by atoms with van der Waals surface area (Å²) in [7, 11) is 1.78. The van der Waals surface area contributed by atoms with Crippen LogP contribution >= 0.6 is 11.3 Å². The number of aryl methyl sites for hydroxylation is 1. The number of nitrogens with one attached hydrogen (secondary N) is 2. The number of rotatable bonds is 4. The number of urea groups is 1. The van der Waals surface area contributed by atoms with Crippen LogP contribution in [0, 0.1) is 0 Å². The normalized spacial score (nSPS) is 14.9. The maximum atomic E-state index is 12.1. The number of nitrogens with zero attached hydrogens (tertiary/aromatic N) is 2. The molecule has 24 heavy (non-hydrogen) atoms. The minimum absolute atomic E-state index is 0.122. The van der Waals surface area contributed by atoms with E-state index in [1.165, 1.54) is 0 Å². The van der Waals surface area contributed by atoms with Crippen molar-refractivity contribution in [3.63, 3.8) is 0 Å². The molecule has 1 aromatic heterocycles. The van der Waals surface area contributed by atoms with Gasteiger partial charge in [-0.15, -0.1) is 11.3 Å². The van der Waals surface area contributed by atoms with Crippen LogP contribution in [-0.4, -0.2) is 30.5 Å². The zero-order valence-corrected chi connectivity index (χ0v) is 14.5. The number of aromatic nitrogens is 1. The third-order valence-corrected chi connectivity index (χ3v) is 5.13. The third-order valence-electron chi connectivity index (χ3n) is 4.12. The van der Waals surface area contributed by atoms with Crippen molar-refractivity contribution in [2.45, 2.75) is 25.7 Å². The summed E-state index contributed by atoms with van der Waals surface area (Å²) in [6, 6.07) is 5.39. The van der Waals surface area contributed by atoms with Crippen LogP contribution in [0.4, 0.5) is 16.2 Å². The summed E-state index contributed by atoms with van der Waals surface area (Å²) < 4.78 is 0. The van der Waals surface area contributed by atoms with Crippen molar-refractivity contribution in [1.82, 2.24) is 10.3 Å². The van der Waals surface area contributed by atoms with Crippen LogP contribution in [0.25, 0.3) is 0 Å². The number of anilines is 2. The molecule has 1 atom stereocenters. The lowest BCUT2D eigenvalue weighted by Crippen LogP contribution is -2.32. The van der Waals surface area contributed by atoms with E-state index >= 15 is 0 Å². The van der Waals surface area contributed by atoms with Gasteiger partial charge in [0.15, 0.2) is 0 Å². The molecule has 0 spiro atoms. The molecule has 0 fully saturated rings. The highest BCUT2D eigenvalue weighted by molar-refractivity contribution is 7.09. The molecular formula is C17H20N4O2S. The molecule has 1 aliphatic rings. The van der Waals surface area contributed by atoms with Crippen LogP contribution in [-0.2, 0) is 11.2 Å². The van der Waals surface area contributed by atoms with E-state index in [-0.39, 0.29) is 17.9 Å². The summed E-state index contributed by atoms with van der Waals surface area (Å²) in [6.45, 7) is 2.56. The molecule has 1 aromatic carbocycles. The second kappa shape index (κ2) is 7.00. The predicted molar refractivity (Wildman–Crippen MR) is 95.7 cm³/mol. The molecule has 0 saturated carbocycles. The van der Waals surface area contributed by atoms with Gasteiger partial charge in [-0.1, -0.05) is 6.92 Å². The Balaban J connectivity index is 1.58. The minimum Gasteiger partial charge on any atom is -0.337 e. The van der Waals surface area contributed by atoms with Gasteiger partial charge in [-0.05, 0) is 30.2 Å². The van der Waals surface area contributed by atoms with Crippen LogP contribution in [0.15, 0.2) is 29.8 Å². The van der Waals surface area contributed by atoms with Crippen molar-refractivity contribution in [2.24, 2.45) is 0 Å². The fourth-order valence-corrected chi connectivity index (χ4v) is 3.42. The van der Waals surface area contributed by atoms with Gasteiger partial charge in [-0.3, -0.25) is 4.79 Å². The van der Waals surface area contributed by atoms with Crippen LogP contribution in [0.3, 0.4) is 0 Å². The van der Waals surface area contributed by atoms with E-state index in [9.17, 15) is 9.59 Å². The molecule has 2 heterocycles. The molecule has 1 unspecified atom stereocenters. The Kier molecular flexibility index (Phi) is 4.80. The highest BCUT2D eigenvalue weighted by Crippen LogP contribution is 2.29. The van der Waals surface area contributed by atoms with Gasteiger partial charge in [0.05, 0.1) is 5.01 Å². The van der Waals surface area contributed by atoms with Crippen molar-refractivity contribution in [3.8, 4) is 0 Å². The summed E-state index contributed by atoms with van der Waals surface area (Å²) in [4.78, 5) is 29.7. The molecule has 126 valence electrons. The van der Waals surface area contributed by atoms with Crippen molar-refractivity contribution in [3.05, 3.63) is 40.3 Å². The van der Waals surface area contributed by atoms with E-state index in [1.54, 1.807) is 29.5 Å². The molecular weight excluding hydrogens is 324 g/mol. The number of carbonyl (C=O) groups is 2. The predicted octanol–water partition coefficient (Wildman–Crippen LogP) is 2.98. The molecule has 0 saturated heterocycles. The summed E-state index contributed by atoms with van der Waals surface area (Å²) >= 11 is 1.59. The summed E-state index contributed by atoms with van der Waals surface area (Å²) in [6.07, 6.45) is 2.98. The topological polar surface area (TPSA) is 74.3 Å². The first-order chi connectivity index (χ1) is 11.5. The van der Waals surface area contributed by atoms with E-state index in [1.807, 2.05) is 30.5 Å². The Morgan fingerprint density at radius 3 is 3.00 bits per heavy atom. The first-order valence-corrected chi connectivity index (χ1v) is 8.76. The Labute approximate surface area is 144 Å². The van der Waals surface area contributed by atoms with Crippen LogP contribution in [0.2, 0.25) is 0 Å². The largest absolute Gasteiger partial charge is 0.337 e. The van der Waals surface area contributed by atoms with Gasteiger partial charge in [0.2, 0.25) is 5.91 Å². The van der Waals surface area contributed by atoms with Gasteiger partial charge in [0.25, 0.3) is 0 Å². The molecule has 6 nitrogen and oxygen atoms in total. The quantitative estimate of drug-likeness (QED) is 0.895. The standard InChI is InChI=1S/C17H20N4O2S/c1-11(16-18-7-8-24-16)10-19-17(23)20-13-4-5-14-12(9-13)3-6-15(22)21(14)2/h4-5,7-9,11H,3,6,10H2,1-2H3,(H2,19,20,23). The second-order valence-corrected chi connectivity index (χ2v) is 6.83. The number of hydrogen-bond acceptors (Lipinski definition) is 4. The van der Waals surface area contributed by atoms with E-state index in [2.05, 4.69) is 15.6 Å². The van der Waals surface area contributed by atoms with Crippen LogP contribution in [0.1, 0.15) is 29.8 Å². The average Bonchev–Trinajstić information content (AvgIpc) is 3.11. The summed E-state index contributed by atoms with van der Waals surface area (Å²) in [5.74, 6) is 0.302. The Hall–Kier alpha value is -2.41. The number of hydrogen-bond donors (Lipinski definition) is 2. The first kappa shape index (κ1) is 16.4. The minimum atomic E-state index is -0.237. The van der Waals surface area contributed by atoms with E-state index < -0.39 is 0 Å². The van der Waals surface area contributed by atoms with E-state index in [0.717, 1.165) is 21.9 Å². The number of amides is 3. The molecule has 0 radical (unpaired) electrons. The Morgan fingerprint density at radius 2 is 2.25 bits per heavy atom. The molecule has 2 aromatic rings. The summed E-state index contributed by atoms with van der Waals surface area (Å²) in [5.41, 5.74) is 2.72. The average molecular weight is 344 g/mol. The summed E-state index contributed by atoms with van der Waals surface area (Å²) in [5, 5.41) is 8.66. The van der Waals surface area contributed by atoms with E-state index in [0.29, 0.717) is 19.4 Å². The highest BCUT2D eigenvalue weighted by atomic mass is 32.1. The number of fused-ring (bicyclic) bond motifs is 1. The monoisotopic (exact) mass is 344 g/mol. The smallest absolute Gasteiger partial charge is 0.319 e. The molecule has 7 heteroatoms. The lowest BCUT2D eigenvalue weighted by Gasteiger charge is -2.26. The molecule has 1 aliphatic heterocycles. The van der Waals surface area contributed by atoms with Gasteiger partial charge in [-0.2, -0.15) is 0 Å². The zero-order chi connectivity index (χ0) is 17.1. The third kappa shape index (κ3) is 3.56. The maximum Gasteiger partial charge on any atom is 0.319 e. The number of thiazole rings is 1. The first-order valence-electron chi connectivity index (χ1n) is 7.88. The Morgan fingerprint density at radius 1 is 1.42 bits per heavy atom. The molecule has 3 amide bonds. The van der Waals surface area contributed by atoms with Crippen molar-refractivity contribution in [1.29, 1.82) is 0 Å². The van der Waals surface area contributed by atoms with Gasteiger partial charge >= 0.3 is 6.03 Å². The highest BCUT2D eigenvalue weighted by Gasteiger charge is 2.21. The van der Waals surface area contributed by atoms with Gasteiger partial charge < -0.3 is 15.5 Å². The molecule has 0 bridgehead atoms. The maximum absolute atomic E-state index is 12.1. The lowest BCUT2D eigenvalue weighted by atomic mass is 10.0. The zero-order valence-electron chi connectivity index (χ0n) is 13.7. The van der Waals surface area contributed by atoms with Gasteiger partial charge in [0.1, 0.15) is 0 Å². The number of benzene rings is 1. The molecule has 3 rings (SSSR count). The van der Waals surface area contributed by atoms with Crippen molar-refractivity contribution in [2.75, 3.05) is 23.8 Å². The van der Waals surface area contributed by atoms with Gasteiger partial charge in [-0.25, -0.2) is 9.78 Å². The second-order valence-electron chi connectivity index (χ2n) is 5.90. The number of carbonyl (C=O) groups excluding carboxylic acids is 2. The van der Waals surface area contributed by atoms with Crippen LogP contribution < -0.4 is 15.5 Å². The van der Waals surface area contributed by atoms with Crippen molar-refractivity contribution < 1.29 is 9.59 Å². The van der Waals surface area contributed by atoms with Crippen molar-refractivity contribution >= 4 is 34.6 Å². The lowest BCUT2D eigenvalue weighted by molar-refractivity contribution is -0.118. The fraction of sp³-hybridized carbons (Fsp3) is 0.353. The van der Waals surface area contributed by atoms with E-state index in [4.69, 9.17) is 0 Å². The molecule has 0 aliphatic carbocycles. The molecule has 2 N–H and O–H groups in total. The van der Waals surface area contributed by atoms with Crippen LogP contribution in [0.5, 0.6) is 0 Å².